The molecule has 98 valence electrons. The van der Waals surface area contributed by atoms with Gasteiger partial charge >= 0.3 is 0 Å². The van der Waals surface area contributed by atoms with Crippen molar-refractivity contribution in [2.45, 2.75) is 31.7 Å². The Bertz CT molecular complexity index is 574. The fourth-order valence-electron chi connectivity index (χ4n) is 2.83. The normalized spacial score (nSPS) is 15.3. The number of rotatable bonds is 3. The third-order valence-corrected chi connectivity index (χ3v) is 3.92. The molecule has 1 aliphatic rings. The minimum absolute atomic E-state index is 0.0694. The van der Waals surface area contributed by atoms with Gasteiger partial charge in [0.1, 0.15) is 5.82 Å². The molecule has 0 heterocycles. The summed E-state index contributed by atoms with van der Waals surface area (Å²) in [7, 11) is 0. The molecule has 0 fully saturated rings. The van der Waals surface area contributed by atoms with Crippen LogP contribution in [0, 0.1) is 5.82 Å². The van der Waals surface area contributed by atoms with E-state index < -0.39 is 0 Å². The number of benzene rings is 2. The van der Waals surface area contributed by atoms with E-state index in [1.54, 1.807) is 12.1 Å². The highest BCUT2D eigenvalue weighted by molar-refractivity contribution is 5.36. The molecule has 0 aliphatic heterocycles. The second-order valence-electron chi connectivity index (χ2n) is 5.32. The Hall–Kier alpha value is -1.67. The van der Waals surface area contributed by atoms with Crippen LogP contribution in [0.5, 0.6) is 0 Å². The Morgan fingerprint density at radius 2 is 1.74 bits per heavy atom. The number of fused-ring (bicyclic) bond motifs is 1. The third kappa shape index (κ3) is 2.69. The first-order valence-corrected chi connectivity index (χ1v) is 6.84. The molecule has 0 saturated carbocycles. The molecule has 2 N–H and O–H groups in total. The van der Waals surface area contributed by atoms with Gasteiger partial charge in [-0.15, -0.1) is 0 Å². The maximum Gasteiger partial charge on any atom is 0.123 e. The van der Waals surface area contributed by atoms with E-state index in [0.29, 0.717) is 0 Å². The second kappa shape index (κ2) is 5.14. The Balaban J connectivity index is 1.75. The standard InChI is InChI=1S/C17H18FN/c18-16-8-6-14(7-9-16)17(19)11-12-4-5-13-2-1-3-15(13)10-12/h4-10,17H,1-3,11,19H2. The number of nitrogens with two attached hydrogens (primary N) is 1. The highest BCUT2D eigenvalue weighted by Gasteiger charge is 2.13. The van der Waals surface area contributed by atoms with E-state index >= 15 is 0 Å². The van der Waals surface area contributed by atoms with Gasteiger partial charge in [0, 0.05) is 6.04 Å². The SMILES string of the molecule is NC(Cc1ccc2c(c1)CCC2)c1ccc(F)cc1. The van der Waals surface area contributed by atoms with E-state index in [-0.39, 0.29) is 11.9 Å². The first-order chi connectivity index (χ1) is 9.22. The molecular formula is C17H18FN. The summed E-state index contributed by atoms with van der Waals surface area (Å²) in [6, 6.07) is 13.1. The van der Waals surface area contributed by atoms with Crippen LogP contribution in [0.1, 0.15) is 34.7 Å². The topological polar surface area (TPSA) is 26.0 Å². The minimum atomic E-state index is -0.214. The molecule has 19 heavy (non-hydrogen) atoms. The Morgan fingerprint density at radius 1 is 1.00 bits per heavy atom. The van der Waals surface area contributed by atoms with Crippen LogP contribution in [0.25, 0.3) is 0 Å². The van der Waals surface area contributed by atoms with Gasteiger partial charge in [-0.2, -0.15) is 0 Å². The van der Waals surface area contributed by atoms with Gasteiger partial charge < -0.3 is 5.73 Å². The molecule has 1 nitrogen and oxygen atoms in total. The molecule has 0 bridgehead atoms. The van der Waals surface area contributed by atoms with Gasteiger partial charge in [0.15, 0.2) is 0 Å². The van der Waals surface area contributed by atoms with Crippen molar-refractivity contribution in [2.24, 2.45) is 5.73 Å². The highest BCUT2D eigenvalue weighted by Crippen LogP contribution is 2.25. The van der Waals surface area contributed by atoms with Crippen molar-refractivity contribution in [1.82, 2.24) is 0 Å². The summed E-state index contributed by atoms with van der Waals surface area (Å²) in [5.41, 5.74) is 11.4. The van der Waals surface area contributed by atoms with Gasteiger partial charge in [0.05, 0.1) is 0 Å². The van der Waals surface area contributed by atoms with Gasteiger partial charge in [-0.05, 0) is 60.1 Å². The van der Waals surface area contributed by atoms with Gasteiger partial charge in [-0.25, -0.2) is 4.39 Å². The number of hydrogen-bond acceptors (Lipinski definition) is 1. The fraction of sp³-hybridized carbons (Fsp3) is 0.294. The molecule has 2 aromatic rings. The van der Waals surface area contributed by atoms with Crippen LogP contribution < -0.4 is 5.73 Å². The van der Waals surface area contributed by atoms with Gasteiger partial charge in [-0.1, -0.05) is 30.3 Å². The predicted octanol–water partition coefficient (Wildman–Crippen LogP) is 3.56. The average molecular weight is 255 g/mol. The monoisotopic (exact) mass is 255 g/mol. The van der Waals surface area contributed by atoms with E-state index in [1.165, 1.54) is 48.1 Å². The first kappa shape index (κ1) is 12.4. The highest BCUT2D eigenvalue weighted by atomic mass is 19.1. The van der Waals surface area contributed by atoms with Crippen LogP contribution in [0.3, 0.4) is 0 Å². The van der Waals surface area contributed by atoms with Crippen LogP contribution in [-0.2, 0) is 19.3 Å². The Kier molecular flexibility index (Phi) is 3.34. The van der Waals surface area contributed by atoms with E-state index in [0.717, 1.165) is 12.0 Å². The maximum atomic E-state index is 12.9. The molecule has 0 amide bonds. The molecule has 1 unspecified atom stereocenters. The molecular weight excluding hydrogens is 237 g/mol. The third-order valence-electron chi connectivity index (χ3n) is 3.92. The predicted molar refractivity (Wildman–Crippen MR) is 75.5 cm³/mol. The molecule has 2 heteroatoms. The molecule has 1 atom stereocenters. The van der Waals surface area contributed by atoms with Crippen LogP contribution in [0.4, 0.5) is 4.39 Å². The molecule has 1 aliphatic carbocycles. The molecule has 3 rings (SSSR count). The summed E-state index contributed by atoms with van der Waals surface area (Å²) >= 11 is 0. The summed E-state index contributed by atoms with van der Waals surface area (Å²) < 4.78 is 12.9. The first-order valence-electron chi connectivity index (χ1n) is 6.84. The van der Waals surface area contributed by atoms with Crippen LogP contribution in [-0.4, -0.2) is 0 Å². The minimum Gasteiger partial charge on any atom is -0.324 e. The second-order valence-corrected chi connectivity index (χ2v) is 5.32. The molecule has 2 aromatic carbocycles. The molecule has 0 spiro atoms. The number of halogens is 1. The van der Waals surface area contributed by atoms with Crippen LogP contribution >= 0.6 is 0 Å². The number of hydrogen-bond donors (Lipinski definition) is 1. The maximum absolute atomic E-state index is 12.9. The lowest BCUT2D eigenvalue weighted by atomic mass is 9.97. The lowest BCUT2D eigenvalue weighted by molar-refractivity contribution is 0.624. The van der Waals surface area contributed by atoms with Gasteiger partial charge in [0.25, 0.3) is 0 Å². The zero-order valence-corrected chi connectivity index (χ0v) is 10.9. The molecule has 0 saturated heterocycles. The van der Waals surface area contributed by atoms with Crippen molar-refractivity contribution in [3.05, 3.63) is 70.5 Å². The summed E-state index contributed by atoms with van der Waals surface area (Å²) in [5.74, 6) is -0.214. The van der Waals surface area contributed by atoms with E-state index in [9.17, 15) is 4.39 Å². The average Bonchev–Trinajstić information content (AvgIpc) is 2.87. The molecule has 0 aromatic heterocycles. The lowest BCUT2D eigenvalue weighted by Crippen LogP contribution is -2.13. The smallest absolute Gasteiger partial charge is 0.123 e. The number of aryl methyl sites for hydroxylation is 2. The van der Waals surface area contributed by atoms with Gasteiger partial charge in [0.2, 0.25) is 0 Å². The summed E-state index contributed by atoms with van der Waals surface area (Å²) in [6.07, 6.45) is 4.47. The largest absolute Gasteiger partial charge is 0.324 e. The van der Waals surface area contributed by atoms with E-state index in [2.05, 4.69) is 18.2 Å². The van der Waals surface area contributed by atoms with Crippen molar-refractivity contribution in [3.8, 4) is 0 Å². The summed E-state index contributed by atoms with van der Waals surface area (Å²) in [5, 5.41) is 0. The van der Waals surface area contributed by atoms with Crippen molar-refractivity contribution in [3.63, 3.8) is 0 Å². The quantitative estimate of drug-likeness (QED) is 0.891. The lowest BCUT2D eigenvalue weighted by Gasteiger charge is -2.13. The zero-order chi connectivity index (χ0) is 13.2. The van der Waals surface area contributed by atoms with Crippen molar-refractivity contribution in [2.75, 3.05) is 0 Å². The Morgan fingerprint density at radius 3 is 2.53 bits per heavy atom. The van der Waals surface area contributed by atoms with Crippen molar-refractivity contribution >= 4 is 0 Å². The van der Waals surface area contributed by atoms with Crippen molar-refractivity contribution < 1.29 is 4.39 Å². The zero-order valence-electron chi connectivity index (χ0n) is 10.9. The summed E-state index contributed by atoms with van der Waals surface area (Å²) in [4.78, 5) is 0. The Labute approximate surface area is 113 Å². The summed E-state index contributed by atoms with van der Waals surface area (Å²) in [6.45, 7) is 0. The van der Waals surface area contributed by atoms with Gasteiger partial charge in [-0.3, -0.25) is 0 Å². The van der Waals surface area contributed by atoms with Crippen LogP contribution in [0.2, 0.25) is 0 Å². The van der Waals surface area contributed by atoms with Crippen LogP contribution in [0.15, 0.2) is 42.5 Å². The fourth-order valence-corrected chi connectivity index (χ4v) is 2.83. The van der Waals surface area contributed by atoms with Crippen molar-refractivity contribution in [1.29, 1.82) is 0 Å². The molecule has 0 radical (unpaired) electrons. The van der Waals surface area contributed by atoms with E-state index in [4.69, 9.17) is 5.73 Å². The van der Waals surface area contributed by atoms with E-state index in [1.807, 2.05) is 0 Å².